The first kappa shape index (κ1) is 19.7. The predicted octanol–water partition coefficient (Wildman–Crippen LogP) is -0.0729. The van der Waals surface area contributed by atoms with Crippen molar-refractivity contribution in [1.29, 1.82) is 0 Å². The number of rotatable bonds is 4. The third-order valence-electron chi connectivity index (χ3n) is 6.99. The fraction of sp³-hybridized carbons (Fsp3) is 0.591. The van der Waals surface area contributed by atoms with Crippen LogP contribution >= 0.6 is 0 Å². The number of nitrogens with zero attached hydrogens (tertiary/aromatic N) is 3. The molecule has 160 valence electrons. The first-order chi connectivity index (χ1) is 14.6. The molecule has 0 aromatic heterocycles. The Hall–Kier alpha value is -2.29. The van der Waals surface area contributed by atoms with Crippen LogP contribution in [-0.2, 0) is 22.7 Å². The molecule has 2 atom stereocenters. The second-order valence-corrected chi connectivity index (χ2v) is 8.81. The van der Waals surface area contributed by atoms with Crippen LogP contribution in [0.2, 0.25) is 0 Å². The Bertz CT molecular complexity index is 858. The highest BCUT2D eigenvalue weighted by Crippen LogP contribution is 2.30. The normalized spacial score (nSPS) is 28.1. The maximum atomic E-state index is 13.2. The zero-order chi connectivity index (χ0) is 20.7. The number of amides is 3. The minimum atomic E-state index is -0.556. The van der Waals surface area contributed by atoms with Crippen LogP contribution in [-0.4, -0.2) is 83.8 Å². The molecule has 0 radical (unpaired) electrons. The quantitative estimate of drug-likeness (QED) is 0.675. The largest absolute Gasteiger partial charge is 0.322 e. The molecule has 8 heteroatoms. The molecule has 1 aromatic rings. The topological polar surface area (TPSA) is 85.0 Å². The predicted molar refractivity (Wildman–Crippen MR) is 111 cm³/mol. The third kappa shape index (κ3) is 3.64. The number of carbonyl (C=O) groups excluding carboxylic acids is 3. The van der Waals surface area contributed by atoms with E-state index in [1.54, 1.807) is 4.90 Å². The number of piperidine rings is 1. The van der Waals surface area contributed by atoms with Gasteiger partial charge in [0.2, 0.25) is 11.8 Å². The van der Waals surface area contributed by atoms with E-state index in [-0.39, 0.29) is 24.1 Å². The van der Waals surface area contributed by atoms with Crippen LogP contribution in [0.25, 0.3) is 0 Å². The van der Waals surface area contributed by atoms with E-state index in [1.165, 1.54) is 6.42 Å². The van der Waals surface area contributed by atoms with Gasteiger partial charge in [-0.25, -0.2) is 0 Å². The summed E-state index contributed by atoms with van der Waals surface area (Å²) in [6.45, 7) is 7.56. The number of piperazine rings is 1. The van der Waals surface area contributed by atoms with E-state index < -0.39 is 6.04 Å². The van der Waals surface area contributed by atoms with Crippen LogP contribution in [0.3, 0.4) is 0 Å². The molecule has 2 unspecified atom stereocenters. The number of carbonyl (C=O) groups is 3. The summed E-state index contributed by atoms with van der Waals surface area (Å²) in [6, 6.07) is 6.14. The van der Waals surface area contributed by atoms with Gasteiger partial charge in [-0.3, -0.25) is 29.5 Å². The molecule has 30 heavy (non-hydrogen) atoms. The summed E-state index contributed by atoms with van der Waals surface area (Å²) in [6.07, 6.45) is 1.92. The van der Waals surface area contributed by atoms with Gasteiger partial charge < -0.3 is 10.2 Å². The van der Waals surface area contributed by atoms with Gasteiger partial charge in [0, 0.05) is 63.8 Å². The lowest BCUT2D eigenvalue weighted by atomic mass is 10.0. The fourth-order valence-corrected chi connectivity index (χ4v) is 5.30. The standard InChI is InChI=1S/C22H29N5O3/c28-19-5-4-18(21(29)24-19)27-14-16-3-1-2-15(20(16)22(27)30)13-25-8-10-26(11-9-25)17-6-7-23-12-17/h1-3,17-18,23H,4-14H2,(H,24,28,29). The number of fused-ring (bicyclic) bond motifs is 1. The van der Waals surface area contributed by atoms with Gasteiger partial charge in [-0.1, -0.05) is 18.2 Å². The molecule has 0 aliphatic carbocycles. The van der Waals surface area contributed by atoms with Crippen molar-refractivity contribution >= 4 is 17.7 Å². The molecule has 4 heterocycles. The van der Waals surface area contributed by atoms with Crippen molar-refractivity contribution in [2.75, 3.05) is 39.3 Å². The zero-order valence-electron chi connectivity index (χ0n) is 17.2. The van der Waals surface area contributed by atoms with E-state index in [0.29, 0.717) is 19.0 Å². The van der Waals surface area contributed by atoms with Crippen LogP contribution in [0.15, 0.2) is 18.2 Å². The fourth-order valence-electron chi connectivity index (χ4n) is 5.30. The van der Waals surface area contributed by atoms with E-state index in [2.05, 4.69) is 20.4 Å². The molecule has 2 N–H and O–H groups in total. The van der Waals surface area contributed by atoms with Gasteiger partial charge in [0.05, 0.1) is 0 Å². The Morgan fingerprint density at radius 2 is 1.87 bits per heavy atom. The summed E-state index contributed by atoms with van der Waals surface area (Å²) in [7, 11) is 0. The smallest absolute Gasteiger partial charge is 0.255 e. The Morgan fingerprint density at radius 3 is 2.60 bits per heavy atom. The average Bonchev–Trinajstić information content (AvgIpc) is 3.38. The van der Waals surface area contributed by atoms with Crippen molar-refractivity contribution in [3.05, 3.63) is 34.9 Å². The maximum Gasteiger partial charge on any atom is 0.255 e. The molecule has 0 bridgehead atoms. The van der Waals surface area contributed by atoms with Crippen molar-refractivity contribution in [1.82, 2.24) is 25.3 Å². The monoisotopic (exact) mass is 411 g/mol. The average molecular weight is 412 g/mol. The molecule has 4 aliphatic heterocycles. The Balaban J connectivity index is 1.26. The second kappa shape index (κ2) is 8.09. The highest BCUT2D eigenvalue weighted by atomic mass is 16.2. The Labute approximate surface area is 176 Å². The summed E-state index contributed by atoms with van der Waals surface area (Å²) in [5.41, 5.74) is 2.78. The van der Waals surface area contributed by atoms with Crippen LogP contribution in [0.5, 0.6) is 0 Å². The minimum Gasteiger partial charge on any atom is -0.322 e. The molecule has 8 nitrogen and oxygen atoms in total. The van der Waals surface area contributed by atoms with Crippen LogP contribution in [0.4, 0.5) is 0 Å². The SMILES string of the molecule is O=C1CCC(N2Cc3cccc(CN4CCN(C5CCNC5)CC4)c3C2=O)C(=O)N1. The van der Waals surface area contributed by atoms with Crippen LogP contribution in [0.1, 0.15) is 40.7 Å². The van der Waals surface area contributed by atoms with Crippen molar-refractivity contribution < 1.29 is 14.4 Å². The third-order valence-corrected chi connectivity index (χ3v) is 6.99. The summed E-state index contributed by atoms with van der Waals surface area (Å²) in [5.74, 6) is -0.689. The summed E-state index contributed by atoms with van der Waals surface area (Å²) >= 11 is 0. The van der Waals surface area contributed by atoms with Crippen molar-refractivity contribution in [3.8, 4) is 0 Å². The molecule has 3 amide bonds. The summed E-state index contributed by atoms with van der Waals surface area (Å²) in [5, 5.41) is 5.82. The molecule has 5 rings (SSSR count). The number of hydrogen-bond acceptors (Lipinski definition) is 6. The van der Waals surface area contributed by atoms with Gasteiger partial charge in [0.25, 0.3) is 5.91 Å². The molecule has 0 spiro atoms. The van der Waals surface area contributed by atoms with Gasteiger partial charge in [0.1, 0.15) is 6.04 Å². The molecule has 4 aliphatic rings. The molecular formula is C22H29N5O3. The molecule has 0 saturated carbocycles. The highest BCUT2D eigenvalue weighted by molar-refractivity contribution is 6.05. The van der Waals surface area contributed by atoms with Crippen molar-refractivity contribution in [2.45, 2.75) is 44.4 Å². The first-order valence-corrected chi connectivity index (χ1v) is 11.0. The van der Waals surface area contributed by atoms with Crippen molar-refractivity contribution in [2.24, 2.45) is 0 Å². The molecule has 1 aromatic carbocycles. The summed E-state index contributed by atoms with van der Waals surface area (Å²) < 4.78 is 0. The zero-order valence-corrected chi connectivity index (χ0v) is 17.2. The molecular weight excluding hydrogens is 382 g/mol. The lowest BCUT2D eigenvalue weighted by molar-refractivity contribution is -0.136. The first-order valence-electron chi connectivity index (χ1n) is 11.0. The van der Waals surface area contributed by atoms with E-state index in [9.17, 15) is 14.4 Å². The highest BCUT2D eigenvalue weighted by Gasteiger charge is 2.40. The van der Waals surface area contributed by atoms with E-state index in [4.69, 9.17) is 0 Å². The van der Waals surface area contributed by atoms with E-state index >= 15 is 0 Å². The lowest BCUT2D eigenvalue weighted by Gasteiger charge is -2.38. The lowest BCUT2D eigenvalue weighted by Crippen LogP contribution is -2.52. The molecule has 3 saturated heterocycles. The van der Waals surface area contributed by atoms with Gasteiger partial charge in [0.15, 0.2) is 0 Å². The number of benzene rings is 1. The van der Waals surface area contributed by atoms with E-state index in [0.717, 1.165) is 62.5 Å². The number of hydrogen-bond donors (Lipinski definition) is 2. The van der Waals surface area contributed by atoms with Crippen LogP contribution < -0.4 is 10.6 Å². The number of nitrogens with one attached hydrogen (secondary N) is 2. The summed E-state index contributed by atoms with van der Waals surface area (Å²) in [4.78, 5) is 43.6. The molecule has 3 fully saturated rings. The second-order valence-electron chi connectivity index (χ2n) is 8.81. The van der Waals surface area contributed by atoms with Gasteiger partial charge in [-0.2, -0.15) is 0 Å². The van der Waals surface area contributed by atoms with E-state index in [1.807, 2.05) is 18.2 Å². The van der Waals surface area contributed by atoms with Crippen molar-refractivity contribution in [3.63, 3.8) is 0 Å². The Morgan fingerprint density at radius 1 is 1.03 bits per heavy atom. The maximum absolute atomic E-state index is 13.2. The van der Waals surface area contributed by atoms with Gasteiger partial charge in [-0.15, -0.1) is 0 Å². The van der Waals surface area contributed by atoms with Crippen LogP contribution in [0, 0.1) is 0 Å². The van der Waals surface area contributed by atoms with Gasteiger partial charge in [-0.05, 0) is 30.5 Å². The minimum absolute atomic E-state index is 0.0780. The van der Waals surface area contributed by atoms with Gasteiger partial charge >= 0.3 is 0 Å². The Kier molecular flexibility index (Phi) is 5.30. The number of imide groups is 1.